The molecule has 1 saturated heterocycles. The largest absolute Gasteiger partial charge is 0.341 e. The van der Waals surface area contributed by atoms with Crippen LogP contribution in [0.25, 0.3) is 0 Å². The third-order valence-corrected chi connectivity index (χ3v) is 5.91. The van der Waals surface area contributed by atoms with Crippen LogP contribution >= 0.6 is 0 Å². The molecular formula is C20H30N2O. The topological polar surface area (TPSA) is 23.6 Å². The van der Waals surface area contributed by atoms with Crippen molar-refractivity contribution < 1.29 is 4.79 Å². The van der Waals surface area contributed by atoms with Crippen LogP contribution in [0.15, 0.2) is 24.3 Å². The van der Waals surface area contributed by atoms with E-state index in [2.05, 4.69) is 48.0 Å². The van der Waals surface area contributed by atoms with E-state index in [-0.39, 0.29) is 5.91 Å². The number of carbonyl (C=O) groups is 1. The minimum atomic E-state index is 0.262. The van der Waals surface area contributed by atoms with E-state index in [4.69, 9.17) is 0 Å². The van der Waals surface area contributed by atoms with Crippen LogP contribution in [0.2, 0.25) is 0 Å². The normalized spacial score (nSPS) is 28.2. The van der Waals surface area contributed by atoms with Gasteiger partial charge in [-0.1, -0.05) is 36.2 Å². The molecule has 0 spiro atoms. The molecule has 23 heavy (non-hydrogen) atoms. The number of likely N-dealkylation sites (N-methyl/N-ethyl adjacent to an activating group) is 2. The fourth-order valence-corrected chi connectivity index (χ4v) is 4.58. The van der Waals surface area contributed by atoms with E-state index < -0.39 is 0 Å². The van der Waals surface area contributed by atoms with E-state index in [0.29, 0.717) is 18.5 Å². The zero-order valence-corrected chi connectivity index (χ0v) is 14.8. The summed E-state index contributed by atoms with van der Waals surface area (Å²) in [7, 11) is 4.26. The highest BCUT2D eigenvalue weighted by Gasteiger charge is 2.40. The average Bonchev–Trinajstić information content (AvgIpc) is 2.56. The predicted octanol–water partition coefficient (Wildman–Crippen LogP) is 3.26. The van der Waals surface area contributed by atoms with E-state index in [9.17, 15) is 4.79 Å². The Balaban J connectivity index is 1.69. The van der Waals surface area contributed by atoms with Gasteiger partial charge in [-0.2, -0.15) is 0 Å². The lowest BCUT2D eigenvalue weighted by Gasteiger charge is -2.49. The van der Waals surface area contributed by atoms with Gasteiger partial charge >= 0.3 is 0 Å². The Labute approximate surface area is 140 Å². The molecule has 1 aromatic rings. The van der Waals surface area contributed by atoms with Crippen molar-refractivity contribution in [3.8, 4) is 0 Å². The molecular weight excluding hydrogens is 284 g/mol. The van der Waals surface area contributed by atoms with Crippen LogP contribution in [0.5, 0.6) is 0 Å². The monoisotopic (exact) mass is 314 g/mol. The van der Waals surface area contributed by atoms with Gasteiger partial charge in [0.15, 0.2) is 0 Å². The van der Waals surface area contributed by atoms with Crippen LogP contribution in [0.1, 0.15) is 43.2 Å². The quantitative estimate of drug-likeness (QED) is 0.855. The molecule has 1 amide bonds. The highest BCUT2D eigenvalue weighted by molar-refractivity contribution is 5.79. The van der Waals surface area contributed by atoms with E-state index in [1.54, 1.807) is 0 Å². The summed E-state index contributed by atoms with van der Waals surface area (Å²) in [5.41, 5.74) is 2.37. The van der Waals surface area contributed by atoms with Crippen molar-refractivity contribution in [2.45, 2.75) is 57.5 Å². The molecule has 3 rings (SSSR count). The predicted molar refractivity (Wildman–Crippen MR) is 94.4 cm³/mol. The van der Waals surface area contributed by atoms with Crippen LogP contribution in [0, 0.1) is 12.8 Å². The molecule has 0 N–H and O–H groups in total. The zero-order chi connectivity index (χ0) is 16.4. The molecule has 1 saturated carbocycles. The number of benzene rings is 1. The van der Waals surface area contributed by atoms with Gasteiger partial charge in [0.2, 0.25) is 5.91 Å². The second-order valence-electron chi connectivity index (χ2n) is 7.54. The molecule has 3 heteroatoms. The lowest BCUT2D eigenvalue weighted by molar-refractivity contribution is -0.134. The van der Waals surface area contributed by atoms with Crippen LogP contribution in [-0.4, -0.2) is 48.4 Å². The SMILES string of the molecule is Cc1ccc(CC(=O)N(C)C2CCCC3CCCN(C)C32)cc1. The molecule has 2 aliphatic rings. The summed E-state index contributed by atoms with van der Waals surface area (Å²) in [6, 6.07) is 9.29. The van der Waals surface area contributed by atoms with E-state index in [1.165, 1.54) is 37.8 Å². The number of piperidine rings is 1. The third kappa shape index (κ3) is 3.60. The van der Waals surface area contributed by atoms with Gasteiger partial charge in [0.25, 0.3) is 0 Å². The molecule has 1 aliphatic carbocycles. The van der Waals surface area contributed by atoms with Crippen LogP contribution < -0.4 is 0 Å². The Morgan fingerprint density at radius 2 is 1.87 bits per heavy atom. The van der Waals surface area contributed by atoms with E-state index in [1.807, 2.05) is 7.05 Å². The Morgan fingerprint density at radius 3 is 2.61 bits per heavy atom. The zero-order valence-electron chi connectivity index (χ0n) is 14.8. The van der Waals surface area contributed by atoms with Gasteiger partial charge < -0.3 is 9.80 Å². The van der Waals surface area contributed by atoms with Gasteiger partial charge in [-0.3, -0.25) is 4.79 Å². The van der Waals surface area contributed by atoms with Crippen LogP contribution in [0.4, 0.5) is 0 Å². The minimum Gasteiger partial charge on any atom is -0.341 e. The fraction of sp³-hybridized carbons (Fsp3) is 0.650. The Kier molecular flexibility index (Phi) is 5.05. The first-order valence-electron chi connectivity index (χ1n) is 9.07. The molecule has 1 aliphatic heterocycles. The highest BCUT2D eigenvalue weighted by atomic mass is 16.2. The van der Waals surface area contributed by atoms with Crippen molar-refractivity contribution in [3.05, 3.63) is 35.4 Å². The van der Waals surface area contributed by atoms with Gasteiger partial charge in [0, 0.05) is 19.1 Å². The highest BCUT2D eigenvalue weighted by Crippen LogP contribution is 2.36. The lowest BCUT2D eigenvalue weighted by Crippen LogP contribution is -2.58. The summed E-state index contributed by atoms with van der Waals surface area (Å²) in [5, 5.41) is 0. The van der Waals surface area contributed by atoms with E-state index >= 15 is 0 Å². The number of likely N-dealkylation sites (tertiary alicyclic amines) is 1. The first-order valence-corrected chi connectivity index (χ1v) is 9.07. The molecule has 1 heterocycles. The lowest BCUT2D eigenvalue weighted by atomic mass is 9.75. The first kappa shape index (κ1) is 16.5. The number of rotatable bonds is 3. The molecule has 3 unspecified atom stereocenters. The van der Waals surface area contributed by atoms with Gasteiger partial charge in [-0.25, -0.2) is 0 Å². The Morgan fingerprint density at radius 1 is 1.17 bits per heavy atom. The number of aryl methyl sites for hydroxylation is 1. The second kappa shape index (κ2) is 7.04. The molecule has 3 atom stereocenters. The maximum atomic E-state index is 12.8. The van der Waals surface area contributed by atoms with Crippen molar-refractivity contribution in [2.75, 3.05) is 20.6 Å². The summed E-state index contributed by atoms with van der Waals surface area (Å²) < 4.78 is 0. The third-order valence-electron chi connectivity index (χ3n) is 5.91. The molecule has 3 nitrogen and oxygen atoms in total. The molecule has 0 bridgehead atoms. The van der Waals surface area contributed by atoms with Gasteiger partial charge in [0.05, 0.1) is 6.42 Å². The van der Waals surface area contributed by atoms with Crippen LogP contribution in [-0.2, 0) is 11.2 Å². The van der Waals surface area contributed by atoms with Gasteiger partial charge in [-0.15, -0.1) is 0 Å². The number of carbonyl (C=O) groups excluding carboxylic acids is 1. The van der Waals surface area contributed by atoms with Crippen molar-refractivity contribution in [1.82, 2.24) is 9.80 Å². The molecule has 126 valence electrons. The van der Waals surface area contributed by atoms with Crippen molar-refractivity contribution in [3.63, 3.8) is 0 Å². The van der Waals surface area contributed by atoms with Crippen molar-refractivity contribution >= 4 is 5.91 Å². The number of amides is 1. The number of hydrogen-bond donors (Lipinski definition) is 0. The Bertz CT molecular complexity index is 537. The fourth-order valence-electron chi connectivity index (χ4n) is 4.58. The maximum absolute atomic E-state index is 12.8. The first-order chi connectivity index (χ1) is 11.1. The van der Waals surface area contributed by atoms with Crippen molar-refractivity contribution in [1.29, 1.82) is 0 Å². The second-order valence-corrected chi connectivity index (χ2v) is 7.54. The molecule has 1 aromatic carbocycles. The van der Waals surface area contributed by atoms with E-state index in [0.717, 1.165) is 17.9 Å². The summed E-state index contributed by atoms with van der Waals surface area (Å²) in [6.07, 6.45) is 6.93. The number of nitrogens with zero attached hydrogens (tertiary/aromatic N) is 2. The summed E-state index contributed by atoms with van der Waals surface area (Å²) in [5.74, 6) is 1.04. The van der Waals surface area contributed by atoms with Crippen LogP contribution in [0.3, 0.4) is 0 Å². The number of fused-ring (bicyclic) bond motifs is 1. The molecule has 0 aromatic heterocycles. The van der Waals surface area contributed by atoms with Crippen molar-refractivity contribution in [2.24, 2.45) is 5.92 Å². The average molecular weight is 314 g/mol. The molecule has 0 radical (unpaired) electrons. The van der Waals surface area contributed by atoms with Gasteiger partial charge in [-0.05, 0) is 57.7 Å². The maximum Gasteiger partial charge on any atom is 0.227 e. The standard InChI is InChI=1S/C20H30N2O/c1-15-9-11-16(12-10-15)14-19(23)22(3)18-8-4-6-17-7-5-13-21(2)20(17)18/h9-12,17-18,20H,4-8,13-14H2,1-3H3. The summed E-state index contributed by atoms with van der Waals surface area (Å²) in [4.78, 5) is 17.3. The molecule has 2 fully saturated rings. The minimum absolute atomic E-state index is 0.262. The van der Waals surface area contributed by atoms with Gasteiger partial charge in [0.1, 0.15) is 0 Å². The smallest absolute Gasteiger partial charge is 0.227 e. The Hall–Kier alpha value is -1.35. The summed E-state index contributed by atoms with van der Waals surface area (Å²) >= 11 is 0. The summed E-state index contributed by atoms with van der Waals surface area (Å²) in [6.45, 7) is 3.26. The number of hydrogen-bond acceptors (Lipinski definition) is 2.